The smallest absolute Gasteiger partial charge is 0.217 e. The largest absolute Gasteiger partial charge is 0.481 e. The maximum atomic E-state index is 12.3. The average Bonchev–Trinajstić information content (AvgIpc) is 2.84. The van der Waals surface area contributed by atoms with Crippen molar-refractivity contribution < 1.29 is 9.84 Å². The molecule has 1 N–H and O–H groups in total. The van der Waals surface area contributed by atoms with Crippen LogP contribution in [0.2, 0.25) is 0 Å². The van der Waals surface area contributed by atoms with E-state index in [0.717, 1.165) is 42.8 Å². The normalized spacial score (nSPS) is 14.2. The summed E-state index contributed by atoms with van der Waals surface area (Å²) in [4.78, 5) is 4.80. The van der Waals surface area contributed by atoms with Gasteiger partial charge >= 0.3 is 0 Å². The van der Waals surface area contributed by atoms with Crippen LogP contribution in [0.1, 0.15) is 29.5 Å². The second-order valence-electron chi connectivity index (χ2n) is 8.44. The highest BCUT2D eigenvalue weighted by molar-refractivity contribution is 9.10. The standard InChI is InChI=1S/C29H24BrNO2/c1-29(32,25-14-8-12-19-9-6-7-13-23(19)25)27(20-10-4-3-5-11-20)24-18-21-17-22(30)15-16-26(21)31-28(24)33-2/h3-18,27,32H,1-2H3/t27-,29+/m0/s1. The molecule has 164 valence electrons. The number of benzene rings is 4. The molecule has 2 atom stereocenters. The van der Waals surface area contributed by atoms with Crippen LogP contribution < -0.4 is 4.74 Å². The first kappa shape index (κ1) is 21.6. The van der Waals surface area contributed by atoms with Crippen molar-refractivity contribution in [2.45, 2.75) is 18.4 Å². The summed E-state index contributed by atoms with van der Waals surface area (Å²) >= 11 is 3.57. The first-order chi connectivity index (χ1) is 16.0. The van der Waals surface area contributed by atoms with Crippen molar-refractivity contribution in [2.75, 3.05) is 7.11 Å². The quantitative estimate of drug-likeness (QED) is 0.279. The van der Waals surface area contributed by atoms with Crippen molar-refractivity contribution in [3.8, 4) is 5.88 Å². The van der Waals surface area contributed by atoms with Gasteiger partial charge in [-0.1, -0.05) is 88.7 Å². The molecule has 33 heavy (non-hydrogen) atoms. The Morgan fingerprint density at radius 1 is 0.848 bits per heavy atom. The number of ether oxygens (including phenoxy) is 1. The minimum Gasteiger partial charge on any atom is -0.481 e. The summed E-state index contributed by atoms with van der Waals surface area (Å²) in [5, 5.41) is 15.4. The third-order valence-electron chi connectivity index (χ3n) is 6.30. The zero-order valence-corrected chi connectivity index (χ0v) is 20.1. The van der Waals surface area contributed by atoms with Gasteiger partial charge in [-0.3, -0.25) is 0 Å². The molecule has 1 aromatic heterocycles. The van der Waals surface area contributed by atoms with Gasteiger partial charge in [0.05, 0.1) is 18.2 Å². The van der Waals surface area contributed by atoms with Gasteiger partial charge in [-0.25, -0.2) is 4.98 Å². The highest BCUT2D eigenvalue weighted by Gasteiger charge is 2.39. The van der Waals surface area contributed by atoms with Crippen LogP contribution in [-0.4, -0.2) is 17.2 Å². The van der Waals surface area contributed by atoms with Crippen molar-refractivity contribution in [1.29, 1.82) is 0 Å². The second-order valence-corrected chi connectivity index (χ2v) is 9.36. The first-order valence-electron chi connectivity index (χ1n) is 10.9. The fourth-order valence-electron chi connectivity index (χ4n) is 4.79. The molecule has 0 amide bonds. The Kier molecular flexibility index (Phi) is 5.65. The predicted octanol–water partition coefficient (Wildman–Crippen LogP) is 7.20. The summed E-state index contributed by atoms with van der Waals surface area (Å²) in [5.74, 6) is 0.106. The predicted molar refractivity (Wildman–Crippen MR) is 138 cm³/mol. The van der Waals surface area contributed by atoms with E-state index >= 15 is 0 Å². The Hall–Kier alpha value is -3.21. The van der Waals surface area contributed by atoms with Gasteiger partial charge in [0.1, 0.15) is 0 Å². The van der Waals surface area contributed by atoms with Crippen molar-refractivity contribution in [3.63, 3.8) is 0 Å². The number of fused-ring (bicyclic) bond motifs is 2. The van der Waals surface area contributed by atoms with Crippen molar-refractivity contribution in [2.24, 2.45) is 0 Å². The number of hydrogen-bond donors (Lipinski definition) is 1. The van der Waals surface area contributed by atoms with Crippen molar-refractivity contribution in [3.05, 3.63) is 118 Å². The van der Waals surface area contributed by atoms with Crippen molar-refractivity contribution in [1.82, 2.24) is 4.98 Å². The Morgan fingerprint density at radius 2 is 1.58 bits per heavy atom. The van der Waals surface area contributed by atoms with Gasteiger partial charge in [0.25, 0.3) is 0 Å². The van der Waals surface area contributed by atoms with E-state index in [2.05, 4.69) is 52.3 Å². The SMILES string of the molecule is COc1nc2ccc(Br)cc2cc1[C@H](c1ccccc1)[C@](C)(O)c1cccc2ccccc12. The zero-order chi connectivity index (χ0) is 23.0. The summed E-state index contributed by atoms with van der Waals surface area (Å²) in [6.07, 6.45) is 0. The molecule has 0 bridgehead atoms. The van der Waals surface area contributed by atoms with Gasteiger partial charge in [0, 0.05) is 21.3 Å². The Balaban J connectivity index is 1.81. The summed E-state index contributed by atoms with van der Waals surface area (Å²) in [7, 11) is 1.63. The lowest BCUT2D eigenvalue weighted by molar-refractivity contribution is 0.0399. The van der Waals surface area contributed by atoms with Gasteiger partial charge in [-0.2, -0.15) is 0 Å². The third kappa shape index (κ3) is 3.90. The van der Waals surface area contributed by atoms with E-state index in [-0.39, 0.29) is 0 Å². The number of aromatic nitrogens is 1. The fraction of sp³-hybridized carbons (Fsp3) is 0.138. The van der Waals surface area contributed by atoms with E-state index in [0.29, 0.717) is 5.88 Å². The number of hydrogen-bond acceptors (Lipinski definition) is 3. The molecule has 1 heterocycles. The van der Waals surface area contributed by atoms with Gasteiger partial charge in [0.15, 0.2) is 0 Å². The van der Waals surface area contributed by atoms with Crippen LogP contribution in [0.4, 0.5) is 0 Å². The number of methoxy groups -OCH3 is 1. The molecule has 0 saturated heterocycles. The highest BCUT2D eigenvalue weighted by Crippen LogP contribution is 2.46. The Labute approximate surface area is 201 Å². The van der Waals surface area contributed by atoms with E-state index in [1.54, 1.807) is 7.11 Å². The third-order valence-corrected chi connectivity index (χ3v) is 6.80. The molecular weight excluding hydrogens is 474 g/mol. The monoisotopic (exact) mass is 497 g/mol. The number of nitrogens with zero attached hydrogens (tertiary/aromatic N) is 1. The lowest BCUT2D eigenvalue weighted by Gasteiger charge is -2.35. The molecule has 0 saturated carbocycles. The zero-order valence-electron chi connectivity index (χ0n) is 18.5. The van der Waals surface area contributed by atoms with Crippen LogP contribution in [0.25, 0.3) is 21.7 Å². The summed E-state index contributed by atoms with van der Waals surface area (Å²) in [5.41, 5.74) is 2.30. The summed E-state index contributed by atoms with van der Waals surface area (Å²) in [6, 6.07) is 32.4. The topological polar surface area (TPSA) is 42.4 Å². The number of pyridine rings is 1. The minimum absolute atomic E-state index is 0.407. The summed E-state index contributed by atoms with van der Waals surface area (Å²) in [6.45, 7) is 1.89. The Morgan fingerprint density at radius 3 is 2.36 bits per heavy atom. The van der Waals surface area contributed by atoms with E-state index in [1.165, 1.54) is 0 Å². The summed E-state index contributed by atoms with van der Waals surface area (Å²) < 4.78 is 6.75. The van der Waals surface area contributed by atoms with Crippen LogP contribution in [0, 0.1) is 0 Å². The molecule has 5 rings (SSSR count). The van der Waals surface area contributed by atoms with Crippen LogP contribution in [-0.2, 0) is 5.60 Å². The maximum absolute atomic E-state index is 12.3. The van der Waals surface area contributed by atoms with Gasteiger partial charge in [-0.05, 0) is 53.1 Å². The second kappa shape index (κ2) is 8.62. The van der Waals surface area contributed by atoms with E-state index < -0.39 is 11.5 Å². The molecule has 0 aliphatic heterocycles. The van der Waals surface area contributed by atoms with Gasteiger partial charge < -0.3 is 9.84 Å². The molecule has 0 fully saturated rings. The van der Waals surface area contributed by atoms with Crippen LogP contribution in [0.15, 0.2) is 102 Å². The molecule has 0 unspecified atom stereocenters. The van der Waals surface area contributed by atoms with E-state index in [1.807, 2.05) is 67.6 Å². The highest BCUT2D eigenvalue weighted by atomic mass is 79.9. The molecule has 0 aliphatic rings. The molecule has 0 spiro atoms. The molecule has 5 aromatic rings. The molecule has 0 radical (unpaired) electrons. The maximum Gasteiger partial charge on any atom is 0.217 e. The van der Waals surface area contributed by atoms with Crippen LogP contribution in [0.5, 0.6) is 5.88 Å². The van der Waals surface area contributed by atoms with E-state index in [9.17, 15) is 5.11 Å². The van der Waals surface area contributed by atoms with Crippen LogP contribution in [0.3, 0.4) is 0 Å². The van der Waals surface area contributed by atoms with Gasteiger partial charge in [-0.15, -0.1) is 0 Å². The molecule has 0 aliphatic carbocycles. The lowest BCUT2D eigenvalue weighted by Crippen LogP contribution is -2.31. The average molecular weight is 498 g/mol. The lowest BCUT2D eigenvalue weighted by atomic mass is 9.73. The number of aliphatic hydroxyl groups is 1. The number of halogens is 1. The molecular formula is C29H24BrNO2. The Bertz CT molecular complexity index is 1440. The number of rotatable bonds is 5. The van der Waals surface area contributed by atoms with E-state index in [4.69, 9.17) is 9.72 Å². The fourth-order valence-corrected chi connectivity index (χ4v) is 5.17. The molecule has 4 heteroatoms. The first-order valence-corrected chi connectivity index (χ1v) is 11.7. The molecule has 3 nitrogen and oxygen atoms in total. The van der Waals surface area contributed by atoms with Crippen molar-refractivity contribution >= 4 is 37.6 Å². The minimum atomic E-state index is -1.24. The van der Waals surface area contributed by atoms with Crippen LogP contribution >= 0.6 is 15.9 Å². The molecule has 4 aromatic carbocycles. The van der Waals surface area contributed by atoms with Gasteiger partial charge in [0.2, 0.25) is 5.88 Å².